The molecule has 0 radical (unpaired) electrons. The minimum absolute atomic E-state index is 0.0115. The lowest BCUT2D eigenvalue weighted by atomic mass is 9.97. The number of carbonyl (C=O) groups excluding carboxylic acids is 1. The van der Waals surface area contributed by atoms with Gasteiger partial charge in [0, 0.05) is 10.6 Å². The van der Waals surface area contributed by atoms with Crippen molar-refractivity contribution in [3.8, 4) is 0 Å². The summed E-state index contributed by atoms with van der Waals surface area (Å²) in [6, 6.07) is 12.9. The molecule has 1 amide bonds. The summed E-state index contributed by atoms with van der Waals surface area (Å²) in [4.78, 5) is 12.5. The van der Waals surface area contributed by atoms with Gasteiger partial charge in [0.05, 0.1) is 18.6 Å². The number of halogens is 4. The van der Waals surface area contributed by atoms with Crippen molar-refractivity contribution in [1.82, 2.24) is 5.01 Å². The molecule has 0 fully saturated rings. The van der Waals surface area contributed by atoms with Crippen LogP contribution in [0.15, 0.2) is 53.6 Å². The molecule has 2 aromatic carbocycles. The van der Waals surface area contributed by atoms with Crippen molar-refractivity contribution in [1.29, 1.82) is 0 Å². The molecule has 0 saturated heterocycles. The Kier molecular flexibility index (Phi) is 5.01. The average molecular weight is 397 g/mol. The van der Waals surface area contributed by atoms with Crippen LogP contribution in [0.2, 0.25) is 5.02 Å². The summed E-state index contributed by atoms with van der Waals surface area (Å²) in [7, 11) is 0. The van der Waals surface area contributed by atoms with E-state index in [2.05, 4.69) is 5.10 Å². The number of nitrogens with zero attached hydrogens (tertiary/aromatic N) is 2. The molecular weight excluding hydrogens is 381 g/mol. The second-order valence-corrected chi connectivity index (χ2v) is 6.80. The third-order valence-electron chi connectivity index (χ3n) is 4.40. The molecule has 1 aliphatic rings. The van der Waals surface area contributed by atoms with Gasteiger partial charge in [-0.15, -0.1) is 0 Å². The second-order valence-electron chi connectivity index (χ2n) is 6.36. The maximum absolute atomic E-state index is 13.6. The summed E-state index contributed by atoms with van der Waals surface area (Å²) in [5, 5.41) is 14.8. The van der Waals surface area contributed by atoms with Gasteiger partial charge < -0.3 is 5.11 Å². The van der Waals surface area contributed by atoms with Crippen LogP contribution in [-0.4, -0.2) is 33.6 Å². The smallest absolute Gasteiger partial charge is 0.362 e. The molecule has 8 heteroatoms. The predicted molar refractivity (Wildman–Crippen MR) is 95.3 cm³/mol. The van der Waals surface area contributed by atoms with Crippen LogP contribution in [0.4, 0.5) is 13.2 Å². The first-order chi connectivity index (χ1) is 12.6. The highest BCUT2D eigenvalue weighted by Crippen LogP contribution is 2.41. The molecule has 3 rings (SSSR count). The molecular formula is C19H16ClF3N2O2. The summed E-state index contributed by atoms with van der Waals surface area (Å²) in [6.07, 6.45) is -6.23. The van der Waals surface area contributed by atoms with Gasteiger partial charge in [0.25, 0.3) is 5.72 Å². The number of benzene rings is 2. The van der Waals surface area contributed by atoms with E-state index in [-0.39, 0.29) is 17.1 Å². The Balaban J connectivity index is 1.96. The van der Waals surface area contributed by atoms with Gasteiger partial charge in [-0.3, -0.25) is 4.79 Å². The summed E-state index contributed by atoms with van der Waals surface area (Å²) >= 11 is 5.78. The van der Waals surface area contributed by atoms with E-state index in [0.717, 1.165) is 0 Å². The van der Waals surface area contributed by atoms with Crippen molar-refractivity contribution >= 4 is 23.2 Å². The molecule has 1 aliphatic heterocycles. The number of aliphatic hydroxyl groups is 1. The first kappa shape index (κ1) is 19.4. The predicted octanol–water partition coefficient (Wildman–Crippen LogP) is 4.08. The molecule has 0 spiro atoms. The van der Waals surface area contributed by atoms with Crippen LogP contribution in [0.1, 0.15) is 23.1 Å². The lowest BCUT2D eigenvalue weighted by molar-refractivity contribution is -0.302. The maximum Gasteiger partial charge on any atom is 0.438 e. The van der Waals surface area contributed by atoms with Crippen LogP contribution in [0.5, 0.6) is 0 Å². The van der Waals surface area contributed by atoms with E-state index in [4.69, 9.17) is 11.6 Å². The number of amides is 1. The second kappa shape index (κ2) is 6.98. The number of alkyl halides is 3. The SMILES string of the molecule is Cc1ccccc1C1=NN(C(=O)Cc2ccc(Cl)cc2)C(O)(C(F)(F)F)C1. The monoisotopic (exact) mass is 396 g/mol. The van der Waals surface area contributed by atoms with E-state index >= 15 is 0 Å². The molecule has 0 bridgehead atoms. The van der Waals surface area contributed by atoms with E-state index < -0.39 is 24.2 Å². The maximum atomic E-state index is 13.6. The van der Waals surface area contributed by atoms with E-state index in [1.54, 1.807) is 31.2 Å². The topological polar surface area (TPSA) is 52.9 Å². The molecule has 142 valence electrons. The fourth-order valence-electron chi connectivity index (χ4n) is 2.93. The third-order valence-corrected chi connectivity index (χ3v) is 4.65. The Morgan fingerprint density at radius 1 is 1.22 bits per heavy atom. The normalized spacial score (nSPS) is 19.9. The quantitative estimate of drug-likeness (QED) is 0.850. The Bertz CT molecular complexity index is 897. The Morgan fingerprint density at radius 3 is 2.44 bits per heavy atom. The molecule has 1 atom stereocenters. The minimum atomic E-state index is -5.06. The summed E-state index contributed by atoms with van der Waals surface area (Å²) < 4.78 is 40.8. The zero-order valence-electron chi connectivity index (χ0n) is 14.3. The molecule has 0 saturated carbocycles. The molecule has 0 aromatic heterocycles. The zero-order valence-corrected chi connectivity index (χ0v) is 15.1. The highest BCUT2D eigenvalue weighted by Gasteiger charge is 2.63. The standard InChI is InChI=1S/C19H16ClF3N2O2/c1-12-4-2-3-5-15(12)16-11-18(27,19(21,22)23)25(24-16)17(26)10-13-6-8-14(20)9-7-13/h2-9,27H,10-11H2,1H3. The lowest BCUT2D eigenvalue weighted by Gasteiger charge is -2.32. The van der Waals surface area contributed by atoms with Crippen LogP contribution < -0.4 is 0 Å². The Morgan fingerprint density at radius 2 is 1.85 bits per heavy atom. The van der Waals surface area contributed by atoms with Gasteiger partial charge in [-0.2, -0.15) is 23.3 Å². The molecule has 2 aromatic rings. The molecule has 1 N–H and O–H groups in total. The van der Waals surface area contributed by atoms with Gasteiger partial charge in [0.15, 0.2) is 0 Å². The fourth-order valence-corrected chi connectivity index (χ4v) is 3.05. The van der Waals surface area contributed by atoms with Crippen LogP contribution in [0, 0.1) is 6.92 Å². The van der Waals surface area contributed by atoms with E-state index in [1.165, 1.54) is 24.3 Å². The van der Waals surface area contributed by atoms with Gasteiger partial charge in [-0.1, -0.05) is 48.0 Å². The van der Waals surface area contributed by atoms with Crippen molar-refractivity contribution in [2.75, 3.05) is 0 Å². The van der Waals surface area contributed by atoms with Crippen molar-refractivity contribution in [3.05, 3.63) is 70.2 Å². The molecule has 0 aliphatic carbocycles. The van der Waals surface area contributed by atoms with Gasteiger partial charge in [0.2, 0.25) is 5.91 Å². The number of rotatable bonds is 3. The number of aryl methyl sites for hydroxylation is 1. The average Bonchev–Trinajstić information content (AvgIpc) is 2.96. The number of hydrogen-bond acceptors (Lipinski definition) is 3. The molecule has 1 heterocycles. The number of hydrazone groups is 1. The summed E-state index contributed by atoms with van der Waals surface area (Å²) in [6.45, 7) is 1.72. The number of carbonyl (C=O) groups is 1. The first-order valence-electron chi connectivity index (χ1n) is 8.12. The van der Waals surface area contributed by atoms with Crippen LogP contribution >= 0.6 is 11.6 Å². The largest absolute Gasteiger partial charge is 0.438 e. The number of hydrogen-bond donors (Lipinski definition) is 1. The van der Waals surface area contributed by atoms with Crippen molar-refractivity contribution < 1.29 is 23.1 Å². The van der Waals surface area contributed by atoms with Gasteiger partial charge >= 0.3 is 6.18 Å². The van der Waals surface area contributed by atoms with Gasteiger partial charge in [-0.25, -0.2) is 0 Å². The van der Waals surface area contributed by atoms with Gasteiger partial charge in [0.1, 0.15) is 0 Å². The van der Waals surface area contributed by atoms with Crippen LogP contribution in [0.3, 0.4) is 0 Å². The summed E-state index contributed by atoms with van der Waals surface area (Å²) in [5.74, 6) is -0.958. The first-order valence-corrected chi connectivity index (χ1v) is 8.50. The Labute approximate surface area is 158 Å². The summed E-state index contributed by atoms with van der Waals surface area (Å²) in [5.41, 5.74) is -1.74. The molecule has 4 nitrogen and oxygen atoms in total. The van der Waals surface area contributed by atoms with E-state index in [1.807, 2.05) is 0 Å². The van der Waals surface area contributed by atoms with Gasteiger partial charge in [-0.05, 0) is 30.2 Å². The third kappa shape index (κ3) is 3.70. The zero-order chi connectivity index (χ0) is 19.8. The Hall–Kier alpha value is -2.38. The lowest BCUT2D eigenvalue weighted by Crippen LogP contribution is -2.57. The van der Waals surface area contributed by atoms with E-state index in [9.17, 15) is 23.1 Å². The molecule has 1 unspecified atom stereocenters. The van der Waals surface area contributed by atoms with Crippen LogP contribution in [0.25, 0.3) is 0 Å². The van der Waals surface area contributed by atoms with Crippen LogP contribution in [-0.2, 0) is 11.2 Å². The highest BCUT2D eigenvalue weighted by molar-refractivity contribution is 6.30. The minimum Gasteiger partial charge on any atom is -0.362 e. The fraction of sp³-hybridized carbons (Fsp3) is 0.263. The molecule has 27 heavy (non-hydrogen) atoms. The van der Waals surface area contributed by atoms with Crippen molar-refractivity contribution in [2.45, 2.75) is 31.7 Å². The van der Waals surface area contributed by atoms with Crippen molar-refractivity contribution in [3.63, 3.8) is 0 Å². The van der Waals surface area contributed by atoms with Crippen molar-refractivity contribution in [2.24, 2.45) is 5.10 Å². The van der Waals surface area contributed by atoms with E-state index in [0.29, 0.717) is 21.7 Å². The highest BCUT2D eigenvalue weighted by atomic mass is 35.5.